The summed E-state index contributed by atoms with van der Waals surface area (Å²) in [7, 11) is 0. The molecule has 1 aromatic carbocycles. The largest absolute Gasteiger partial charge is 0.365 e. The average Bonchev–Trinajstić information content (AvgIpc) is 3.32. The van der Waals surface area contributed by atoms with Gasteiger partial charge in [0.25, 0.3) is 11.8 Å². The van der Waals surface area contributed by atoms with Gasteiger partial charge in [0.1, 0.15) is 5.00 Å². The van der Waals surface area contributed by atoms with E-state index < -0.39 is 5.91 Å². The van der Waals surface area contributed by atoms with Crippen LogP contribution in [0.4, 0.5) is 5.00 Å². The lowest BCUT2D eigenvalue weighted by molar-refractivity contribution is 0.100. The topological polar surface area (TPSA) is 116 Å². The molecule has 3 aromatic rings. The molecule has 0 aliphatic heterocycles. The number of fused-ring (bicyclic) bond motifs is 1. The van der Waals surface area contributed by atoms with Crippen LogP contribution in [0.15, 0.2) is 24.3 Å². The molecule has 0 fully saturated rings. The number of rotatable bonds is 5. The molecule has 3 N–H and O–H groups in total. The van der Waals surface area contributed by atoms with Crippen molar-refractivity contribution in [2.24, 2.45) is 5.73 Å². The highest BCUT2D eigenvalue weighted by Crippen LogP contribution is 2.38. The minimum atomic E-state index is -0.496. The van der Waals surface area contributed by atoms with Crippen LogP contribution in [0.2, 0.25) is 0 Å². The van der Waals surface area contributed by atoms with E-state index in [0.29, 0.717) is 22.0 Å². The van der Waals surface area contributed by atoms with Crippen LogP contribution in [0.1, 0.15) is 63.9 Å². The van der Waals surface area contributed by atoms with Crippen LogP contribution < -0.4 is 11.1 Å². The third-order valence-corrected chi connectivity index (χ3v) is 6.22. The second-order valence-corrected chi connectivity index (χ2v) is 8.46. The molecular weight excluding hydrogens is 388 g/mol. The average molecular weight is 411 g/mol. The first-order valence-corrected chi connectivity index (χ1v) is 10.4. The van der Waals surface area contributed by atoms with E-state index in [0.717, 1.165) is 41.7 Å². The zero-order valence-corrected chi connectivity index (χ0v) is 17.1. The van der Waals surface area contributed by atoms with Crippen molar-refractivity contribution < 1.29 is 9.59 Å². The number of tetrazole rings is 1. The van der Waals surface area contributed by atoms with Gasteiger partial charge < -0.3 is 11.1 Å². The summed E-state index contributed by atoms with van der Waals surface area (Å²) in [6.07, 6.45) is 3.87. The molecule has 4 rings (SSSR count). The fourth-order valence-electron chi connectivity index (χ4n) is 3.62. The maximum absolute atomic E-state index is 12.9. The molecule has 1 aliphatic rings. The molecule has 29 heavy (non-hydrogen) atoms. The van der Waals surface area contributed by atoms with Gasteiger partial charge in [0.05, 0.1) is 11.6 Å². The quantitative estimate of drug-likeness (QED) is 0.670. The normalized spacial score (nSPS) is 13.3. The molecular formula is C20H22N6O2S. The third kappa shape index (κ3) is 3.65. The summed E-state index contributed by atoms with van der Waals surface area (Å²) in [4.78, 5) is 26.1. The van der Waals surface area contributed by atoms with E-state index >= 15 is 0 Å². The van der Waals surface area contributed by atoms with E-state index in [1.54, 1.807) is 22.9 Å². The van der Waals surface area contributed by atoms with E-state index in [4.69, 9.17) is 5.73 Å². The molecule has 0 spiro atoms. The fourth-order valence-corrected chi connectivity index (χ4v) is 4.91. The van der Waals surface area contributed by atoms with E-state index in [1.807, 2.05) is 19.9 Å². The standard InChI is InChI=1S/C20H22N6O2S/c1-11(2)26-18(23-24-25-26)12-6-5-7-13(10-12)19(28)22-20-16(17(21)27)14-8-3-4-9-15(14)29-20/h5-7,10-11H,3-4,8-9H2,1-2H3,(H2,21,27)(H,22,28). The molecule has 0 saturated heterocycles. The number of hydrogen-bond acceptors (Lipinski definition) is 6. The lowest BCUT2D eigenvalue weighted by Crippen LogP contribution is -2.18. The van der Waals surface area contributed by atoms with Crippen LogP contribution in [0.25, 0.3) is 11.4 Å². The van der Waals surface area contributed by atoms with Crippen LogP contribution in [0.3, 0.4) is 0 Å². The SMILES string of the molecule is CC(C)n1nnnc1-c1cccc(C(=O)Nc2sc3c(c2C(N)=O)CCCC3)c1. The van der Waals surface area contributed by atoms with Gasteiger partial charge >= 0.3 is 0 Å². The van der Waals surface area contributed by atoms with Gasteiger partial charge in [0, 0.05) is 16.0 Å². The number of aryl methyl sites for hydroxylation is 1. The zero-order chi connectivity index (χ0) is 20.5. The lowest BCUT2D eigenvalue weighted by atomic mass is 9.95. The predicted octanol–water partition coefficient (Wildman–Crippen LogP) is 3.21. The van der Waals surface area contributed by atoms with Crippen LogP contribution in [0, 0.1) is 0 Å². The number of primary amides is 1. The molecule has 0 atom stereocenters. The summed E-state index contributed by atoms with van der Waals surface area (Å²) in [5.41, 5.74) is 8.28. The van der Waals surface area contributed by atoms with Gasteiger partial charge in [-0.25, -0.2) is 4.68 Å². The van der Waals surface area contributed by atoms with E-state index in [2.05, 4.69) is 20.8 Å². The van der Waals surface area contributed by atoms with Gasteiger partial charge in [-0.05, 0) is 67.7 Å². The number of hydrogen-bond donors (Lipinski definition) is 2. The van der Waals surface area contributed by atoms with E-state index in [-0.39, 0.29) is 11.9 Å². The Morgan fingerprint density at radius 2 is 2.03 bits per heavy atom. The Kier molecular flexibility index (Phi) is 5.14. The number of carbonyl (C=O) groups excluding carboxylic acids is 2. The minimum Gasteiger partial charge on any atom is -0.365 e. The van der Waals surface area contributed by atoms with Crippen LogP contribution >= 0.6 is 11.3 Å². The fraction of sp³-hybridized carbons (Fsp3) is 0.350. The molecule has 8 nitrogen and oxygen atoms in total. The maximum atomic E-state index is 12.9. The number of aromatic nitrogens is 4. The molecule has 150 valence electrons. The Morgan fingerprint density at radius 3 is 2.79 bits per heavy atom. The molecule has 9 heteroatoms. The predicted molar refractivity (Wildman–Crippen MR) is 111 cm³/mol. The number of nitrogens with two attached hydrogens (primary N) is 1. The molecule has 1 aliphatic carbocycles. The highest BCUT2D eigenvalue weighted by molar-refractivity contribution is 7.17. The van der Waals surface area contributed by atoms with Crippen molar-refractivity contribution in [3.05, 3.63) is 45.8 Å². The molecule has 0 radical (unpaired) electrons. The van der Waals surface area contributed by atoms with Crippen LogP contribution in [-0.4, -0.2) is 32.0 Å². The first-order valence-electron chi connectivity index (χ1n) is 9.59. The van der Waals surface area contributed by atoms with Crippen molar-refractivity contribution in [2.75, 3.05) is 5.32 Å². The number of nitrogens with one attached hydrogen (secondary N) is 1. The highest BCUT2D eigenvalue weighted by Gasteiger charge is 2.25. The Balaban J connectivity index is 1.64. The Bertz CT molecular complexity index is 1080. The second-order valence-electron chi connectivity index (χ2n) is 7.36. The summed E-state index contributed by atoms with van der Waals surface area (Å²) < 4.78 is 1.70. The third-order valence-electron chi connectivity index (χ3n) is 5.01. The van der Waals surface area contributed by atoms with Gasteiger partial charge in [-0.2, -0.15) is 0 Å². The first kappa shape index (κ1) is 19.3. The van der Waals surface area contributed by atoms with Crippen molar-refractivity contribution in [1.29, 1.82) is 0 Å². The van der Waals surface area contributed by atoms with Crippen molar-refractivity contribution in [3.8, 4) is 11.4 Å². The molecule has 2 amide bonds. The van der Waals surface area contributed by atoms with Gasteiger partial charge in [0.15, 0.2) is 5.82 Å². The molecule has 0 unspecified atom stereocenters. The van der Waals surface area contributed by atoms with Crippen LogP contribution in [-0.2, 0) is 12.8 Å². The molecule has 0 bridgehead atoms. The molecule has 0 saturated carbocycles. The van der Waals surface area contributed by atoms with Gasteiger partial charge in [-0.3, -0.25) is 9.59 Å². The summed E-state index contributed by atoms with van der Waals surface area (Å²) in [6, 6.07) is 7.21. The van der Waals surface area contributed by atoms with Crippen molar-refractivity contribution in [3.63, 3.8) is 0 Å². The Hall–Kier alpha value is -3.07. The van der Waals surface area contributed by atoms with Crippen molar-refractivity contribution >= 4 is 28.2 Å². The smallest absolute Gasteiger partial charge is 0.256 e. The summed E-state index contributed by atoms with van der Waals surface area (Å²) in [6.45, 7) is 3.97. The molecule has 2 aromatic heterocycles. The summed E-state index contributed by atoms with van der Waals surface area (Å²) in [5.74, 6) is -0.194. The minimum absolute atomic E-state index is 0.0908. The van der Waals surface area contributed by atoms with Gasteiger partial charge in [0.2, 0.25) is 0 Å². The van der Waals surface area contributed by atoms with E-state index in [1.165, 1.54) is 11.3 Å². The highest BCUT2D eigenvalue weighted by atomic mass is 32.1. The number of carbonyl (C=O) groups is 2. The lowest BCUT2D eigenvalue weighted by Gasteiger charge is -2.11. The second kappa shape index (κ2) is 7.75. The monoisotopic (exact) mass is 410 g/mol. The number of benzene rings is 1. The van der Waals surface area contributed by atoms with Gasteiger partial charge in [-0.1, -0.05) is 12.1 Å². The van der Waals surface area contributed by atoms with Crippen molar-refractivity contribution in [2.45, 2.75) is 45.6 Å². The summed E-state index contributed by atoms with van der Waals surface area (Å²) in [5, 5.41) is 15.3. The summed E-state index contributed by atoms with van der Waals surface area (Å²) >= 11 is 1.45. The Labute approximate surface area is 172 Å². The maximum Gasteiger partial charge on any atom is 0.256 e. The number of amides is 2. The number of anilines is 1. The number of thiophene rings is 1. The van der Waals surface area contributed by atoms with Crippen molar-refractivity contribution in [1.82, 2.24) is 20.2 Å². The van der Waals surface area contributed by atoms with E-state index in [9.17, 15) is 9.59 Å². The van der Waals surface area contributed by atoms with Crippen LogP contribution in [0.5, 0.6) is 0 Å². The zero-order valence-electron chi connectivity index (χ0n) is 16.3. The molecule has 2 heterocycles. The first-order chi connectivity index (χ1) is 14.0. The van der Waals surface area contributed by atoms with Gasteiger partial charge in [-0.15, -0.1) is 16.4 Å². The number of nitrogens with zero attached hydrogens (tertiary/aromatic N) is 4. The Morgan fingerprint density at radius 1 is 1.24 bits per heavy atom.